The van der Waals surface area contributed by atoms with Gasteiger partial charge in [0.05, 0.1) is 19.7 Å². The summed E-state index contributed by atoms with van der Waals surface area (Å²) >= 11 is 0. The average Bonchev–Trinajstić information content (AvgIpc) is 3.14. The van der Waals surface area contributed by atoms with E-state index in [9.17, 15) is 0 Å². The third-order valence-corrected chi connectivity index (χ3v) is 3.74. The number of nitrogens with zero attached hydrogens (tertiary/aromatic N) is 1. The second-order valence-corrected chi connectivity index (χ2v) is 5.11. The van der Waals surface area contributed by atoms with E-state index in [1.54, 1.807) is 7.11 Å². The van der Waals surface area contributed by atoms with Crippen molar-refractivity contribution in [2.45, 2.75) is 38.9 Å². The van der Waals surface area contributed by atoms with Crippen LogP contribution in [-0.2, 0) is 17.8 Å². The maximum absolute atomic E-state index is 5.69. The third kappa shape index (κ3) is 3.57. The van der Waals surface area contributed by atoms with Crippen molar-refractivity contribution in [1.82, 2.24) is 4.90 Å². The fourth-order valence-corrected chi connectivity index (χ4v) is 2.33. The second kappa shape index (κ2) is 6.36. The molecule has 1 atom stereocenters. The smallest absolute Gasteiger partial charge is 0.118 e. The number of ether oxygens (including phenoxy) is 1. The summed E-state index contributed by atoms with van der Waals surface area (Å²) in [7, 11) is 1.75. The summed E-state index contributed by atoms with van der Waals surface area (Å²) in [5.74, 6) is 2.71. The summed E-state index contributed by atoms with van der Waals surface area (Å²) in [6, 6.07) is 4.60. The summed E-state index contributed by atoms with van der Waals surface area (Å²) in [4.78, 5) is 2.44. The van der Waals surface area contributed by atoms with Gasteiger partial charge in [0.2, 0.25) is 0 Å². The van der Waals surface area contributed by atoms with Gasteiger partial charge in [-0.2, -0.15) is 0 Å². The molecule has 1 aromatic rings. The minimum atomic E-state index is 0.469. The molecule has 1 aliphatic carbocycles. The number of nitrogens with two attached hydrogens (primary N) is 1. The summed E-state index contributed by atoms with van der Waals surface area (Å²) in [6.45, 7) is 5.34. The highest BCUT2D eigenvalue weighted by molar-refractivity contribution is 5.07. The molecule has 1 aromatic heterocycles. The van der Waals surface area contributed by atoms with Crippen LogP contribution in [0.25, 0.3) is 0 Å². The molecule has 0 aliphatic heterocycles. The highest BCUT2D eigenvalue weighted by Crippen LogP contribution is 2.35. The monoisotopic (exact) mass is 252 g/mol. The molecule has 2 N–H and O–H groups in total. The molecule has 1 aliphatic rings. The first-order chi connectivity index (χ1) is 8.74. The van der Waals surface area contributed by atoms with Crippen molar-refractivity contribution in [2.24, 2.45) is 11.7 Å². The van der Waals surface area contributed by atoms with Crippen molar-refractivity contribution in [3.05, 3.63) is 23.7 Å². The Labute approximate surface area is 109 Å². The van der Waals surface area contributed by atoms with Crippen molar-refractivity contribution in [2.75, 3.05) is 20.3 Å². The average molecular weight is 252 g/mol. The van der Waals surface area contributed by atoms with E-state index in [0.717, 1.165) is 37.1 Å². The number of furan rings is 1. The number of methoxy groups -OCH3 is 1. The molecule has 18 heavy (non-hydrogen) atoms. The lowest BCUT2D eigenvalue weighted by Gasteiger charge is -2.28. The topological polar surface area (TPSA) is 51.6 Å². The van der Waals surface area contributed by atoms with E-state index in [1.165, 1.54) is 12.8 Å². The molecule has 0 bridgehead atoms. The van der Waals surface area contributed by atoms with Crippen molar-refractivity contribution >= 4 is 0 Å². The molecule has 0 saturated heterocycles. The van der Waals surface area contributed by atoms with Crippen molar-refractivity contribution < 1.29 is 9.15 Å². The zero-order chi connectivity index (χ0) is 13.0. The van der Waals surface area contributed by atoms with Crippen molar-refractivity contribution in [1.29, 1.82) is 0 Å². The van der Waals surface area contributed by atoms with E-state index in [0.29, 0.717) is 12.6 Å². The number of hydrogen-bond donors (Lipinski definition) is 1. The quantitative estimate of drug-likeness (QED) is 0.768. The van der Waals surface area contributed by atoms with Gasteiger partial charge in [0.25, 0.3) is 0 Å². The van der Waals surface area contributed by atoms with Gasteiger partial charge in [0.1, 0.15) is 11.5 Å². The highest BCUT2D eigenvalue weighted by Gasteiger charge is 2.32. The molecule has 1 heterocycles. The van der Waals surface area contributed by atoms with Gasteiger partial charge >= 0.3 is 0 Å². The van der Waals surface area contributed by atoms with Crippen LogP contribution in [0.2, 0.25) is 0 Å². The SMILES string of the molecule is COCCN(Cc1ccc(CN)o1)C(C)C1CC1. The fraction of sp³-hybridized carbons (Fsp3) is 0.714. The van der Waals surface area contributed by atoms with Gasteiger partial charge in [-0.05, 0) is 37.8 Å². The molecular formula is C14H24N2O2. The standard InChI is InChI=1S/C14H24N2O2/c1-11(12-3-4-12)16(7-8-17-2)10-14-6-5-13(9-15)18-14/h5-6,11-12H,3-4,7-10,15H2,1-2H3. The molecule has 1 saturated carbocycles. The van der Waals surface area contributed by atoms with E-state index < -0.39 is 0 Å². The minimum absolute atomic E-state index is 0.469. The van der Waals surface area contributed by atoms with Crippen molar-refractivity contribution in [3.8, 4) is 0 Å². The van der Waals surface area contributed by atoms with Gasteiger partial charge in [-0.3, -0.25) is 4.90 Å². The van der Waals surface area contributed by atoms with Crippen LogP contribution < -0.4 is 5.73 Å². The molecule has 4 nitrogen and oxygen atoms in total. The Morgan fingerprint density at radius 3 is 2.72 bits per heavy atom. The van der Waals surface area contributed by atoms with Gasteiger partial charge in [0.15, 0.2) is 0 Å². The first kappa shape index (κ1) is 13.6. The first-order valence-corrected chi connectivity index (χ1v) is 6.75. The lowest BCUT2D eigenvalue weighted by molar-refractivity contribution is 0.105. The van der Waals surface area contributed by atoms with Crippen LogP contribution in [0, 0.1) is 5.92 Å². The number of hydrogen-bond acceptors (Lipinski definition) is 4. The van der Waals surface area contributed by atoms with Crippen LogP contribution in [0.15, 0.2) is 16.5 Å². The Balaban J connectivity index is 1.94. The minimum Gasteiger partial charge on any atom is -0.463 e. The molecule has 1 fully saturated rings. The van der Waals surface area contributed by atoms with E-state index in [4.69, 9.17) is 14.9 Å². The van der Waals surface area contributed by atoms with Gasteiger partial charge < -0.3 is 14.9 Å². The lowest BCUT2D eigenvalue weighted by Crippen LogP contribution is -2.36. The maximum atomic E-state index is 5.69. The Hall–Kier alpha value is -0.840. The summed E-state index contributed by atoms with van der Waals surface area (Å²) in [5, 5.41) is 0. The van der Waals surface area contributed by atoms with E-state index >= 15 is 0 Å². The first-order valence-electron chi connectivity index (χ1n) is 6.75. The summed E-state index contributed by atoms with van der Waals surface area (Å²) in [5.41, 5.74) is 5.56. The fourth-order valence-electron chi connectivity index (χ4n) is 2.33. The molecular weight excluding hydrogens is 228 g/mol. The summed E-state index contributed by atoms with van der Waals surface area (Å²) in [6.07, 6.45) is 2.72. The van der Waals surface area contributed by atoms with Crippen LogP contribution in [0.3, 0.4) is 0 Å². The largest absolute Gasteiger partial charge is 0.463 e. The van der Waals surface area contributed by atoms with Crippen LogP contribution in [0.4, 0.5) is 0 Å². The molecule has 0 aromatic carbocycles. The van der Waals surface area contributed by atoms with Crippen molar-refractivity contribution in [3.63, 3.8) is 0 Å². The Morgan fingerprint density at radius 2 is 2.17 bits per heavy atom. The zero-order valence-electron chi connectivity index (χ0n) is 11.4. The Kier molecular flexibility index (Phi) is 4.80. The maximum Gasteiger partial charge on any atom is 0.118 e. The van der Waals surface area contributed by atoms with E-state index in [-0.39, 0.29) is 0 Å². The molecule has 102 valence electrons. The molecule has 2 rings (SSSR count). The summed E-state index contributed by atoms with van der Waals surface area (Å²) < 4.78 is 10.9. The van der Waals surface area contributed by atoms with Crippen LogP contribution in [-0.4, -0.2) is 31.2 Å². The number of rotatable bonds is 8. The predicted molar refractivity (Wildman–Crippen MR) is 71.1 cm³/mol. The Morgan fingerprint density at radius 1 is 1.44 bits per heavy atom. The predicted octanol–water partition coefficient (Wildman–Crippen LogP) is 1.99. The van der Waals surface area contributed by atoms with E-state index in [2.05, 4.69) is 11.8 Å². The molecule has 4 heteroatoms. The normalized spacial score (nSPS) is 17.3. The van der Waals surface area contributed by atoms with Gasteiger partial charge in [-0.25, -0.2) is 0 Å². The van der Waals surface area contributed by atoms with Gasteiger partial charge in [-0.1, -0.05) is 0 Å². The van der Waals surface area contributed by atoms with Crippen LogP contribution in [0.1, 0.15) is 31.3 Å². The third-order valence-electron chi connectivity index (χ3n) is 3.74. The van der Waals surface area contributed by atoms with Gasteiger partial charge in [0, 0.05) is 19.7 Å². The second-order valence-electron chi connectivity index (χ2n) is 5.11. The molecule has 0 radical (unpaired) electrons. The lowest BCUT2D eigenvalue weighted by atomic mass is 10.2. The molecule has 0 amide bonds. The molecule has 1 unspecified atom stereocenters. The van der Waals surface area contributed by atoms with Gasteiger partial charge in [-0.15, -0.1) is 0 Å². The highest BCUT2D eigenvalue weighted by atomic mass is 16.5. The zero-order valence-corrected chi connectivity index (χ0v) is 11.4. The molecule has 0 spiro atoms. The van der Waals surface area contributed by atoms with Crippen LogP contribution >= 0.6 is 0 Å². The van der Waals surface area contributed by atoms with E-state index in [1.807, 2.05) is 12.1 Å². The van der Waals surface area contributed by atoms with Crippen LogP contribution in [0.5, 0.6) is 0 Å². The Bertz CT molecular complexity index is 360.